The molecule has 0 saturated carbocycles. The number of para-hydroxylation sites is 2. The third-order valence-corrected chi connectivity index (χ3v) is 4.24. The maximum Gasteiger partial charge on any atom is 0.170 e. The Hall–Kier alpha value is -3.25. The first-order chi connectivity index (χ1) is 12.9. The Morgan fingerprint density at radius 3 is 2.58 bits per heavy atom. The van der Waals surface area contributed by atoms with Gasteiger partial charge in [0.1, 0.15) is 12.7 Å². The Balaban J connectivity index is 1.72. The van der Waals surface area contributed by atoms with Gasteiger partial charge in [0, 0.05) is 18.0 Å². The average molecular weight is 345 g/mol. The molecular formula is C20H19N5O. The van der Waals surface area contributed by atoms with E-state index < -0.39 is 0 Å². The highest BCUT2D eigenvalue weighted by Crippen LogP contribution is 2.26. The van der Waals surface area contributed by atoms with Crippen molar-refractivity contribution in [2.24, 2.45) is 0 Å². The summed E-state index contributed by atoms with van der Waals surface area (Å²) in [5, 5.41) is 12.5. The summed E-state index contributed by atoms with van der Waals surface area (Å²) in [5.74, 6) is 0.668. The zero-order chi connectivity index (χ0) is 17.8. The smallest absolute Gasteiger partial charge is 0.170 e. The van der Waals surface area contributed by atoms with Gasteiger partial charge in [-0.3, -0.25) is 4.57 Å². The Labute approximate surface area is 151 Å². The second-order valence-electron chi connectivity index (χ2n) is 5.95. The van der Waals surface area contributed by atoms with E-state index in [1.54, 1.807) is 12.7 Å². The summed E-state index contributed by atoms with van der Waals surface area (Å²) in [6.07, 6.45) is 4.83. The summed E-state index contributed by atoms with van der Waals surface area (Å²) >= 11 is 0. The Morgan fingerprint density at radius 1 is 0.923 bits per heavy atom. The van der Waals surface area contributed by atoms with Crippen LogP contribution in [-0.2, 0) is 6.42 Å². The van der Waals surface area contributed by atoms with Crippen LogP contribution in [-0.4, -0.2) is 31.2 Å². The van der Waals surface area contributed by atoms with Gasteiger partial charge in [0.15, 0.2) is 17.0 Å². The van der Waals surface area contributed by atoms with Crippen molar-refractivity contribution in [1.82, 2.24) is 19.5 Å². The predicted octanol–water partition coefficient (Wildman–Crippen LogP) is 3.48. The lowest BCUT2D eigenvalue weighted by Crippen LogP contribution is -2.01. The highest BCUT2D eigenvalue weighted by molar-refractivity contribution is 5.86. The first-order valence-corrected chi connectivity index (χ1v) is 8.56. The second kappa shape index (κ2) is 7.33. The van der Waals surface area contributed by atoms with Crippen molar-refractivity contribution in [3.8, 4) is 5.69 Å². The van der Waals surface area contributed by atoms with Crippen molar-refractivity contribution < 1.29 is 5.11 Å². The van der Waals surface area contributed by atoms with Gasteiger partial charge in [-0.05, 0) is 36.6 Å². The number of imidazole rings is 1. The van der Waals surface area contributed by atoms with Crippen molar-refractivity contribution in [2.45, 2.75) is 12.8 Å². The Kier molecular flexibility index (Phi) is 4.57. The molecule has 6 heteroatoms. The van der Waals surface area contributed by atoms with E-state index in [1.807, 2.05) is 53.1 Å². The quantitative estimate of drug-likeness (QED) is 0.559. The van der Waals surface area contributed by atoms with Gasteiger partial charge in [0.2, 0.25) is 0 Å². The van der Waals surface area contributed by atoms with E-state index in [9.17, 15) is 0 Å². The highest BCUT2D eigenvalue weighted by Gasteiger charge is 2.12. The summed E-state index contributed by atoms with van der Waals surface area (Å²) in [5.41, 5.74) is 4.57. The number of aromatic nitrogens is 4. The number of nitrogens with one attached hydrogen (secondary N) is 1. The largest absolute Gasteiger partial charge is 0.396 e. The fourth-order valence-electron chi connectivity index (χ4n) is 2.96. The molecule has 130 valence electrons. The van der Waals surface area contributed by atoms with Crippen molar-refractivity contribution in [1.29, 1.82) is 0 Å². The van der Waals surface area contributed by atoms with E-state index in [4.69, 9.17) is 5.11 Å². The average Bonchev–Trinajstić information content (AvgIpc) is 3.13. The molecule has 0 aliphatic heterocycles. The number of hydrogen-bond donors (Lipinski definition) is 2. The molecule has 2 aromatic carbocycles. The molecule has 0 spiro atoms. The molecule has 0 saturated heterocycles. The normalized spacial score (nSPS) is 11.0. The Bertz CT molecular complexity index is 1010. The van der Waals surface area contributed by atoms with Crippen LogP contribution in [0.3, 0.4) is 0 Å². The summed E-state index contributed by atoms with van der Waals surface area (Å²) in [6, 6.07) is 18.0. The van der Waals surface area contributed by atoms with E-state index in [2.05, 4.69) is 26.3 Å². The molecule has 0 amide bonds. The van der Waals surface area contributed by atoms with Crippen LogP contribution in [0.5, 0.6) is 0 Å². The van der Waals surface area contributed by atoms with Gasteiger partial charge >= 0.3 is 0 Å². The fourth-order valence-corrected chi connectivity index (χ4v) is 2.96. The monoisotopic (exact) mass is 345 g/mol. The van der Waals surface area contributed by atoms with Gasteiger partial charge in [-0.25, -0.2) is 15.0 Å². The lowest BCUT2D eigenvalue weighted by atomic mass is 10.1. The summed E-state index contributed by atoms with van der Waals surface area (Å²) in [6.45, 7) is 0.174. The van der Waals surface area contributed by atoms with E-state index >= 15 is 0 Å². The maximum atomic E-state index is 9.11. The van der Waals surface area contributed by atoms with Crippen molar-refractivity contribution in [3.05, 3.63) is 72.8 Å². The van der Waals surface area contributed by atoms with E-state index in [0.717, 1.165) is 35.4 Å². The molecule has 2 N–H and O–H groups in total. The van der Waals surface area contributed by atoms with E-state index in [-0.39, 0.29) is 6.61 Å². The van der Waals surface area contributed by atoms with Crippen LogP contribution in [0.4, 0.5) is 11.5 Å². The van der Waals surface area contributed by atoms with Crippen molar-refractivity contribution in [3.63, 3.8) is 0 Å². The molecule has 0 atom stereocenters. The molecule has 2 aromatic heterocycles. The third-order valence-electron chi connectivity index (χ3n) is 4.24. The van der Waals surface area contributed by atoms with E-state index in [1.165, 1.54) is 0 Å². The SMILES string of the molecule is OCCCc1ccccc1Nc1ncnc2c1ncn2-c1ccccc1. The van der Waals surface area contributed by atoms with Crippen LogP contribution < -0.4 is 5.32 Å². The number of hydrogen-bond acceptors (Lipinski definition) is 5. The lowest BCUT2D eigenvalue weighted by Gasteiger charge is -2.11. The number of fused-ring (bicyclic) bond motifs is 1. The van der Waals surface area contributed by atoms with Gasteiger partial charge in [-0.15, -0.1) is 0 Å². The van der Waals surface area contributed by atoms with Gasteiger partial charge < -0.3 is 10.4 Å². The summed E-state index contributed by atoms with van der Waals surface area (Å²) in [4.78, 5) is 13.3. The van der Waals surface area contributed by atoms with E-state index in [0.29, 0.717) is 11.3 Å². The zero-order valence-corrected chi connectivity index (χ0v) is 14.2. The first-order valence-electron chi connectivity index (χ1n) is 8.56. The topological polar surface area (TPSA) is 75.9 Å². The molecule has 2 heterocycles. The molecule has 0 bridgehead atoms. The predicted molar refractivity (Wildman–Crippen MR) is 102 cm³/mol. The Morgan fingerprint density at radius 2 is 1.73 bits per heavy atom. The number of aliphatic hydroxyl groups excluding tert-OH is 1. The minimum absolute atomic E-state index is 0.174. The molecule has 4 aromatic rings. The highest BCUT2D eigenvalue weighted by atomic mass is 16.2. The number of nitrogens with zero attached hydrogens (tertiary/aromatic N) is 4. The molecule has 0 aliphatic rings. The maximum absolute atomic E-state index is 9.11. The van der Waals surface area contributed by atoms with Crippen LogP contribution in [0.1, 0.15) is 12.0 Å². The standard InChI is InChI=1S/C20H19N5O/c26-12-6-8-15-7-4-5-11-17(15)24-19-18-20(22-13-21-19)25(14-23-18)16-9-2-1-3-10-16/h1-5,7,9-11,13-14,26H,6,8,12H2,(H,21,22,24). The number of anilines is 2. The molecular weight excluding hydrogens is 326 g/mol. The minimum atomic E-state index is 0.174. The van der Waals surface area contributed by atoms with Crippen molar-refractivity contribution in [2.75, 3.05) is 11.9 Å². The third kappa shape index (κ3) is 3.14. The molecule has 0 unspecified atom stereocenters. The van der Waals surface area contributed by atoms with Crippen LogP contribution in [0, 0.1) is 0 Å². The lowest BCUT2D eigenvalue weighted by molar-refractivity contribution is 0.288. The number of aryl methyl sites for hydroxylation is 1. The molecule has 0 radical (unpaired) electrons. The fraction of sp³-hybridized carbons (Fsp3) is 0.150. The van der Waals surface area contributed by atoms with Gasteiger partial charge in [0.05, 0.1) is 0 Å². The number of rotatable bonds is 6. The van der Waals surface area contributed by atoms with Crippen LogP contribution in [0.15, 0.2) is 67.3 Å². The van der Waals surface area contributed by atoms with Crippen LogP contribution in [0.25, 0.3) is 16.9 Å². The zero-order valence-electron chi connectivity index (χ0n) is 14.2. The molecule has 0 aliphatic carbocycles. The first kappa shape index (κ1) is 16.2. The second-order valence-corrected chi connectivity index (χ2v) is 5.95. The summed E-state index contributed by atoms with van der Waals surface area (Å²) < 4.78 is 1.94. The van der Waals surface area contributed by atoms with Gasteiger partial charge in [0.25, 0.3) is 0 Å². The van der Waals surface area contributed by atoms with Crippen LogP contribution >= 0.6 is 0 Å². The number of benzene rings is 2. The number of aliphatic hydroxyl groups is 1. The van der Waals surface area contributed by atoms with Gasteiger partial charge in [-0.2, -0.15) is 0 Å². The molecule has 6 nitrogen and oxygen atoms in total. The van der Waals surface area contributed by atoms with Crippen molar-refractivity contribution >= 4 is 22.7 Å². The molecule has 26 heavy (non-hydrogen) atoms. The minimum Gasteiger partial charge on any atom is -0.396 e. The molecule has 4 rings (SSSR count). The summed E-state index contributed by atoms with van der Waals surface area (Å²) in [7, 11) is 0. The van der Waals surface area contributed by atoms with Crippen LogP contribution in [0.2, 0.25) is 0 Å². The van der Waals surface area contributed by atoms with Gasteiger partial charge in [-0.1, -0.05) is 36.4 Å². The molecule has 0 fully saturated rings.